The van der Waals surface area contributed by atoms with Crippen molar-refractivity contribution in [3.05, 3.63) is 0 Å². The van der Waals surface area contributed by atoms with Crippen molar-refractivity contribution >= 4 is 12.3 Å². The molecule has 2 atom stereocenters. The van der Waals surface area contributed by atoms with Gasteiger partial charge in [0, 0.05) is 0 Å². The molecular weight excluding hydrogens is 432 g/mol. The molecule has 0 saturated heterocycles. The Balaban J connectivity index is 3.59. The number of carbonyl (C=O) groups is 2. The fraction of sp³-hybridized carbons (Fsp3) is 0.929. The van der Waals surface area contributed by atoms with Gasteiger partial charge in [-0.25, -0.2) is 0 Å². The monoisotopic (exact) mass is 486 g/mol. The quantitative estimate of drug-likeness (QED) is 0.0656. The lowest BCUT2D eigenvalue weighted by molar-refractivity contribution is -0.224. The Hall–Kier alpha value is -1.46. The zero-order valence-corrected chi connectivity index (χ0v) is 22.7. The van der Waals surface area contributed by atoms with Crippen molar-refractivity contribution in [3.63, 3.8) is 0 Å². The van der Waals surface area contributed by atoms with Crippen molar-refractivity contribution in [2.75, 3.05) is 0 Å². The molecule has 0 aromatic heterocycles. The lowest BCUT2D eigenvalue weighted by Gasteiger charge is -2.13. The van der Waals surface area contributed by atoms with Gasteiger partial charge in [-0.3, -0.25) is 0 Å². The van der Waals surface area contributed by atoms with E-state index >= 15 is 0 Å². The molecule has 0 aliphatic carbocycles. The third kappa shape index (κ3) is 23.7. The number of hydrogen-bond acceptors (Lipinski definition) is 6. The number of ether oxygens (including phenoxy) is 2. The fourth-order valence-corrected chi connectivity index (χ4v) is 4.04. The highest BCUT2D eigenvalue weighted by Gasteiger charge is 2.17. The molecule has 0 aromatic carbocycles. The van der Waals surface area contributed by atoms with Gasteiger partial charge in [-0.1, -0.05) is 117 Å². The van der Waals surface area contributed by atoms with E-state index in [4.69, 9.17) is 9.47 Å². The van der Waals surface area contributed by atoms with Gasteiger partial charge in [0.2, 0.25) is 0 Å². The van der Waals surface area contributed by atoms with Crippen molar-refractivity contribution in [1.82, 2.24) is 0 Å². The molecule has 0 aliphatic heterocycles. The molecule has 0 amide bonds. The lowest BCUT2D eigenvalue weighted by Crippen LogP contribution is -2.21. The van der Waals surface area contributed by atoms with E-state index in [-0.39, 0.29) is 12.2 Å². The predicted octanol–water partition coefficient (Wildman–Crippen LogP) is 9.83. The fourth-order valence-electron chi connectivity index (χ4n) is 4.04. The second kappa shape index (κ2) is 24.7. The molecule has 0 bridgehead atoms. The molecule has 0 aliphatic rings. The van der Waals surface area contributed by atoms with E-state index in [0.29, 0.717) is 0 Å². The molecule has 0 radical (unpaired) electrons. The molecule has 0 fully saturated rings. The van der Waals surface area contributed by atoms with Gasteiger partial charge in [-0.05, 0) is 39.5 Å². The van der Waals surface area contributed by atoms with Crippen molar-refractivity contribution in [2.24, 2.45) is 0 Å². The van der Waals surface area contributed by atoms with E-state index in [1.165, 1.54) is 89.9 Å². The van der Waals surface area contributed by atoms with Crippen LogP contribution in [0.2, 0.25) is 0 Å². The Bertz CT molecular complexity index is 426. The van der Waals surface area contributed by atoms with Crippen molar-refractivity contribution in [3.8, 4) is 0 Å². The molecule has 0 rings (SSSR count). The first-order valence-corrected chi connectivity index (χ1v) is 14.2. The van der Waals surface area contributed by atoms with Crippen molar-refractivity contribution < 1.29 is 28.8 Å². The first-order chi connectivity index (χ1) is 16.5. The van der Waals surface area contributed by atoms with E-state index in [1.54, 1.807) is 0 Å². The molecule has 2 unspecified atom stereocenters. The number of unbranched alkanes of at least 4 members (excludes halogenated alkanes) is 16. The highest BCUT2D eigenvalue weighted by Crippen LogP contribution is 2.14. The molecule has 0 aromatic rings. The maximum atomic E-state index is 11.7. The Morgan fingerprint density at radius 1 is 0.471 bits per heavy atom. The zero-order chi connectivity index (χ0) is 25.3. The number of carbonyl (C=O) groups excluding carboxylic acids is 2. The van der Waals surface area contributed by atoms with Gasteiger partial charge in [0.25, 0.3) is 0 Å². The van der Waals surface area contributed by atoms with Gasteiger partial charge in [0.15, 0.2) is 0 Å². The largest absolute Gasteiger partial charge is 0.550 e. The van der Waals surface area contributed by atoms with Crippen LogP contribution in [-0.2, 0) is 19.2 Å². The van der Waals surface area contributed by atoms with Gasteiger partial charge in [0.05, 0.1) is 0 Å². The van der Waals surface area contributed by atoms with Gasteiger partial charge < -0.3 is 9.47 Å². The van der Waals surface area contributed by atoms with Crippen LogP contribution >= 0.6 is 0 Å². The van der Waals surface area contributed by atoms with E-state index in [9.17, 15) is 9.59 Å². The SMILES string of the molecule is CCCCCCCCCCCC(C)OC(=O)OOC(=O)OC(C)CCCCCCCCCCC. The van der Waals surface area contributed by atoms with Crippen molar-refractivity contribution in [1.29, 1.82) is 0 Å². The molecule has 6 nitrogen and oxygen atoms in total. The van der Waals surface area contributed by atoms with Gasteiger partial charge in [-0.15, -0.1) is 0 Å². The average molecular weight is 487 g/mol. The Kier molecular flexibility index (Phi) is 23.6. The summed E-state index contributed by atoms with van der Waals surface area (Å²) in [5.41, 5.74) is 0. The molecule has 6 heteroatoms. The van der Waals surface area contributed by atoms with Crippen LogP contribution in [0.15, 0.2) is 0 Å². The second-order valence-electron chi connectivity index (χ2n) is 9.76. The van der Waals surface area contributed by atoms with Crippen LogP contribution in [0, 0.1) is 0 Å². The molecule has 0 spiro atoms. The molecule has 0 N–H and O–H groups in total. The molecule has 0 saturated carbocycles. The molecule has 202 valence electrons. The average Bonchev–Trinajstić information content (AvgIpc) is 2.80. The van der Waals surface area contributed by atoms with Crippen LogP contribution in [0.25, 0.3) is 0 Å². The van der Waals surface area contributed by atoms with Crippen LogP contribution in [0.4, 0.5) is 9.59 Å². The minimum Gasteiger partial charge on any atom is -0.429 e. The van der Waals surface area contributed by atoms with Crippen LogP contribution in [-0.4, -0.2) is 24.5 Å². The summed E-state index contributed by atoms with van der Waals surface area (Å²) in [6.45, 7) is 8.10. The lowest BCUT2D eigenvalue weighted by atomic mass is 10.1. The first-order valence-electron chi connectivity index (χ1n) is 14.2. The van der Waals surface area contributed by atoms with Crippen LogP contribution in [0.5, 0.6) is 0 Å². The van der Waals surface area contributed by atoms with Crippen LogP contribution in [0.3, 0.4) is 0 Å². The second-order valence-corrected chi connectivity index (χ2v) is 9.76. The zero-order valence-electron chi connectivity index (χ0n) is 22.7. The Labute approximate surface area is 209 Å². The standard InChI is InChI=1S/C28H54O6/c1-5-7-9-11-13-15-17-19-21-23-25(3)31-27(29)33-34-28(30)32-26(4)24-22-20-18-16-14-12-10-8-6-2/h25-26H,5-24H2,1-4H3. The Morgan fingerprint density at radius 2 is 0.735 bits per heavy atom. The third-order valence-corrected chi connectivity index (χ3v) is 6.20. The highest BCUT2D eigenvalue weighted by molar-refractivity contribution is 5.63. The number of rotatable bonds is 22. The normalized spacial score (nSPS) is 12.7. The summed E-state index contributed by atoms with van der Waals surface area (Å²) >= 11 is 0. The summed E-state index contributed by atoms with van der Waals surface area (Å²) in [7, 11) is 0. The van der Waals surface area contributed by atoms with E-state index in [1.807, 2.05) is 13.8 Å². The molecular formula is C28H54O6. The smallest absolute Gasteiger partial charge is 0.429 e. The molecule has 34 heavy (non-hydrogen) atoms. The van der Waals surface area contributed by atoms with Gasteiger partial charge in [0.1, 0.15) is 12.2 Å². The minimum absolute atomic E-state index is 0.276. The maximum absolute atomic E-state index is 11.7. The van der Waals surface area contributed by atoms with E-state index in [2.05, 4.69) is 23.6 Å². The third-order valence-electron chi connectivity index (χ3n) is 6.20. The topological polar surface area (TPSA) is 71.1 Å². The van der Waals surface area contributed by atoms with Crippen molar-refractivity contribution in [2.45, 2.75) is 168 Å². The van der Waals surface area contributed by atoms with Gasteiger partial charge in [-0.2, -0.15) is 19.4 Å². The summed E-state index contributed by atoms with van der Waals surface area (Å²) in [5, 5.41) is 0. The summed E-state index contributed by atoms with van der Waals surface area (Å²) < 4.78 is 10.2. The first kappa shape index (κ1) is 32.5. The van der Waals surface area contributed by atoms with Crippen LogP contribution < -0.4 is 0 Å². The maximum Gasteiger partial charge on any atom is 0.550 e. The van der Waals surface area contributed by atoms with E-state index in [0.717, 1.165) is 38.5 Å². The van der Waals surface area contributed by atoms with Crippen LogP contribution in [0.1, 0.15) is 156 Å². The summed E-state index contributed by atoms with van der Waals surface area (Å²) in [6.07, 6.45) is 21.4. The Morgan fingerprint density at radius 3 is 1.03 bits per heavy atom. The highest BCUT2D eigenvalue weighted by atomic mass is 17.3. The molecule has 0 heterocycles. The predicted molar refractivity (Wildman–Crippen MR) is 138 cm³/mol. The summed E-state index contributed by atoms with van der Waals surface area (Å²) in [4.78, 5) is 32.2. The summed E-state index contributed by atoms with van der Waals surface area (Å²) in [5.74, 6) is 0. The minimum atomic E-state index is -1.01. The van der Waals surface area contributed by atoms with Gasteiger partial charge >= 0.3 is 12.3 Å². The number of hydrogen-bond donors (Lipinski definition) is 0. The summed E-state index contributed by atoms with van der Waals surface area (Å²) in [6, 6.07) is 0. The van der Waals surface area contributed by atoms with E-state index < -0.39 is 12.3 Å².